The number of rotatable bonds is 4. The maximum Gasteiger partial charge on any atom is 0.144 e. The summed E-state index contributed by atoms with van der Waals surface area (Å²) in [6, 6.07) is 0.633. The van der Waals surface area contributed by atoms with Gasteiger partial charge in [-0.1, -0.05) is 6.92 Å². The maximum absolute atomic E-state index is 4.43. The first-order chi connectivity index (χ1) is 8.72. The molecule has 0 aliphatic carbocycles. The number of nitrogens with one attached hydrogen (secondary N) is 1. The fourth-order valence-electron chi connectivity index (χ4n) is 2.48. The van der Waals surface area contributed by atoms with E-state index in [4.69, 9.17) is 0 Å². The second-order valence-corrected chi connectivity index (χ2v) is 4.86. The molecule has 0 aromatic carbocycles. The van der Waals surface area contributed by atoms with Crippen LogP contribution in [-0.2, 0) is 6.54 Å². The molecule has 1 atom stereocenters. The summed E-state index contributed by atoms with van der Waals surface area (Å²) >= 11 is 0. The molecule has 100 valence electrons. The van der Waals surface area contributed by atoms with E-state index in [1.807, 2.05) is 13.2 Å². The predicted molar refractivity (Wildman–Crippen MR) is 73.6 cm³/mol. The van der Waals surface area contributed by atoms with Crippen molar-refractivity contribution in [1.82, 2.24) is 19.8 Å². The van der Waals surface area contributed by atoms with Crippen molar-refractivity contribution in [2.45, 2.75) is 26.4 Å². The topological polar surface area (TPSA) is 44.3 Å². The van der Waals surface area contributed by atoms with E-state index in [-0.39, 0.29) is 0 Å². The van der Waals surface area contributed by atoms with Crippen molar-refractivity contribution >= 4 is 5.82 Å². The first-order valence-electron chi connectivity index (χ1n) is 6.68. The Hall–Kier alpha value is -1.20. The largest absolute Gasteiger partial charge is 0.372 e. The Bertz CT molecular complexity index is 364. The smallest absolute Gasteiger partial charge is 0.144 e. The van der Waals surface area contributed by atoms with Gasteiger partial charge in [0.15, 0.2) is 0 Å². The van der Waals surface area contributed by atoms with Crippen LogP contribution in [0.15, 0.2) is 12.4 Å². The van der Waals surface area contributed by atoms with Crippen LogP contribution in [-0.4, -0.2) is 59.0 Å². The lowest BCUT2D eigenvalue weighted by Crippen LogP contribution is -2.51. The van der Waals surface area contributed by atoms with Crippen molar-refractivity contribution in [1.29, 1.82) is 0 Å². The molecule has 1 aliphatic rings. The Kier molecular flexibility index (Phi) is 4.49. The summed E-state index contributed by atoms with van der Waals surface area (Å²) in [4.78, 5) is 13.7. The molecule has 1 aromatic heterocycles. The summed E-state index contributed by atoms with van der Waals surface area (Å²) in [6.07, 6.45) is 3.66. The Morgan fingerprint density at radius 3 is 2.72 bits per heavy atom. The van der Waals surface area contributed by atoms with Gasteiger partial charge in [0, 0.05) is 39.3 Å². The minimum absolute atomic E-state index is 0.633. The van der Waals surface area contributed by atoms with Crippen LogP contribution in [0.4, 0.5) is 5.82 Å². The van der Waals surface area contributed by atoms with Crippen LogP contribution in [0.1, 0.15) is 19.5 Å². The molecule has 1 fully saturated rings. The van der Waals surface area contributed by atoms with Gasteiger partial charge in [-0.05, 0) is 13.5 Å². The molecule has 5 nitrogen and oxygen atoms in total. The minimum atomic E-state index is 0.633. The van der Waals surface area contributed by atoms with Crippen LogP contribution in [0.5, 0.6) is 0 Å². The highest BCUT2D eigenvalue weighted by molar-refractivity contribution is 5.29. The van der Waals surface area contributed by atoms with Crippen LogP contribution in [0.25, 0.3) is 0 Å². The van der Waals surface area contributed by atoms with Crippen molar-refractivity contribution in [2.75, 3.05) is 38.5 Å². The van der Waals surface area contributed by atoms with Crippen molar-refractivity contribution in [3.8, 4) is 0 Å². The van der Waals surface area contributed by atoms with Crippen molar-refractivity contribution in [3.63, 3.8) is 0 Å². The quantitative estimate of drug-likeness (QED) is 0.864. The van der Waals surface area contributed by atoms with E-state index in [0.717, 1.165) is 44.2 Å². The molecular formula is C13H23N5. The van der Waals surface area contributed by atoms with Gasteiger partial charge in [-0.2, -0.15) is 0 Å². The minimum Gasteiger partial charge on any atom is -0.372 e. The summed E-state index contributed by atoms with van der Waals surface area (Å²) in [5, 5.41) is 2.98. The van der Waals surface area contributed by atoms with E-state index in [2.05, 4.69) is 38.9 Å². The van der Waals surface area contributed by atoms with Gasteiger partial charge >= 0.3 is 0 Å². The molecule has 1 saturated heterocycles. The third-order valence-corrected chi connectivity index (χ3v) is 3.60. The van der Waals surface area contributed by atoms with Crippen molar-refractivity contribution in [2.24, 2.45) is 0 Å². The molecule has 1 unspecified atom stereocenters. The zero-order chi connectivity index (χ0) is 13.0. The highest BCUT2D eigenvalue weighted by Crippen LogP contribution is 2.11. The van der Waals surface area contributed by atoms with E-state index in [0.29, 0.717) is 6.04 Å². The van der Waals surface area contributed by atoms with Crippen LogP contribution in [0.2, 0.25) is 0 Å². The Morgan fingerprint density at radius 1 is 1.33 bits per heavy atom. The number of hydrogen-bond acceptors (Lipinski definition) is 5. The Morgan fingerprint density at radius 2 is 2.17 bits per heavy atom. The number of aromatic nitrogens is 2. The molecular weight excluding hydrogens is 226 g/mol. The van der Waals surface area contributed by atoms with Gasteiger partial charge in [0.25, 0.3) is 0 Å². The van der Waals surface area contributed by atoms with Gasteiger partial charge in [0.1, 0.15) is 5.82 Å². The van der Waals surface area contributed by atoms with Gasteiger partial charge in [-0.15, -0.1) is 0 Å². The average Bonchev–Trinajstić information content (AvgIpc) is 2.40. The summed E-state index contributed by atoms with van der Waals surface area (Å²) in [6.45, 7) is 9.96. The Labute approximate surface area is 109 Å². The van der Waals surface area contributed by atoms with Gasteiger partial charge in [0.05, 0.1) is 18.1 Å². The van der Waals surface area contributed by atoms with Gasteiger partial charge < -0.3 is 5.32 Å². The second-order valence-electron chi connectivity index (χ2n) is 4.86. The van der Waals surface area contributed by atoms with Gasteiger partial charge in [0.2, 0.25) is 0 Å². The summed E-state index contributed by atoms with van der Waals surface area (Å²) in [5.41, 5.74) is 1.05. The molecule has 5 heteroatoms. The number of hydrogen-bond donors (Lipinski definition) is 1. The summed E-state index contributed by atoms with van der Waals surface area (Å²) < 4.78 is 0. The van der Waals surface area contributed by atoms with E-state index in [1.165, 1.54) is 0 Å². The van der Waals surface area contributed by atoms with E-state index in [9.17, 15) is 0 Å². The third-order valence-electron chi connectivity index (χ3n) is 3.60. The molecule has 0 spiro atoms. The first kappa shape index (κ1) is 13.2. The maximum atomic E-state index is 4.43. The highest BCUT2D eigenvalue weighted by Gasteiger charge is 2.22. The van der Waals surface area contributed by atoms with E-state index in [1.54, 1.807) is 6.20 Å². The molecule has 1 N–H and O–H groups in total. The summed E-state index contributed by atoms with van der Waals surface area (Å²) in [7, 11) is 1.86. The normalized spacial score (nSPS) is 22.1. The van der Waals surface area contributed by atoms with Gasteiger partial charge in [-0.25, -0.2) is 4.98 Å². The van der Waals surface area contributed by atoms with Crippen molar-refractivity contribution < 1.29 is 0 Å². The number of piperazine rings is 1. The second kappa shape index (κ2) is 6.11. The summed E-state index contributed by atoms with van der Waals surface area (Å²) in [5.74, 6) is 0.822. The molecule has 18 heavy (non-hydrogen) atoms. The SMILES string of the molecule is CCN1CCN(Cc2cnc(NC)cn2)CC1C. The molecule has 0 amide bonds. The molecule has 1 aliphatic heterocycles. The fraction of sp³-hybridized carbons (Fsp3) is 0.692. The van der Waals surface area contributed by atoms with Crippen LogP contribution in [0.3, 0.4) is 0 Å². The molecule has 2 rings (SSSR count). The monoisotopic (exact) mass is 249 g/mol. The lowest BCUT2D eigenvalue weighted by atomic mass is 10.2. The van der Waals surface area contributed by atoms with E-state index >= 15 is 0 Å². The lowest BCUT2D eigenvalue weighted by Gasteiger charge is -2.39. The molecule has 0 bridgehead atoms. The number of anilines is 1. The molecule has 0 saturated carbocycles. The first-order valence-corrected chi connectivity index (χ1v) is 6.68. The van der Waals surface area contributed by atoms with Crippen LogP contribution >= 0.6 is 0 Å². The lowest BCUT2D eigenvalue weighted by molar-refractivity contribution is 0.0826. The van der Waals surface area contributed by atoms with Crippen LogP contribution in [0, 0.1) is 0 Å². The zero-order valence-electron chi connectivity index (χ0n) is 11.6. The molecule has 2 heterocycles. The average molecular weight is 249 g/mol. The highest BCUT2D eigenvalue weighted by atomic mass is 15.3. The van der Waals surface area contributed by atoms with Crippen molar-refractivity contribution in [3.05, 3.63) is 18.1 Å². The third kappa shape index (κ3) is 3.17. The van der Waals surface area contributed by atoms with E-state index < -0.39 is 0 Å². The van der Waals surface area contributed by atoms with Gasteiger partial charge in [-0.3, -0.25) is 14.8 Å². The standard InChI is InChI=1S/C13H23N5/c1-4-18-6-5-17(9-11(18)2)10-12-7-16-13(14-3)8-15-12/h7-8,11H,4-6,9-10H2,1-3H3,(H,14,16). The fourth-order valence-corrected chi connectivity index (χ4v) is 2.48. The molecule has 1 aromatic rings. The molecule has 0 radical (unpaired) electrons. The zero-order valence-corrected chi connectivity index (χ0v) is 11.6. The predicted octanol–water partition coefficient (Wildman–Crippen LogP) is 1.04. The van der Waals surface area contributed by atoms with Crippen LogP contribution < -0.4 is 5.32 Å². The number of nitrogens with zero attached hydrogens (tertiary/aromatic N) is 4. The number of likely N-dealkylation sites (N-methyl/N-ethyl adjacent to an activating group) is 1. The Balaban J connectivity index is 1.89.